The zero-order valence-electron chi connectivity index (χ0n) is 14.9. The van der Waals surface area contributed by atoms with Crippen molar-refractivity contribution in [3.8, 4) is 0 Å². The number of methoxy groups -OCH3 is 1. The van der Waals surface area contributed by atoms with E-state index in [1.165, 1.54) is 7.11 Å². The van der Waals surface area contributed by atoms with Gasteiger partial charge in [-0.3, -0.25) is 4.90 Å². The summed E-state index contributed by atoms with van der Waals surface area (Å²) < 4.78 is 5.00. The molecule has 3 rings (SSSR count). The number of ether oxygens (including phenoxy) is 1. The summed E-state index contributed by atoms with van der Waals surface area (Å²) in [7, 11) is 3.43. The van der Waals surface area contributed by atoms with Gasteiger partial charge in [-0.05, 0) is 24.7 Å². The Hall–Kier alpha value is -2.09. The number of likely N-dealkylation sites (N-methyl/N-ethyl adjacent to an activating group) is 1. The summed E-state index contributed by atoms with van der Waals surface area (Å²) >= 11 is 5.96. The normalized spacial score (nSPS) is 22.0. The first-order valence-corrected chi connectivity index (χ1v) is 8.91. The highest BCUT2D eigenvalue weighted by atomic mass is 35.5. The van der Waals surface area contributed by atoms with Crippen LogP contribution in [0.1, 0.15) is 11.6 Å². The number of halogens is 1. The minimum Gasteiger partial charge on any atom is -0.466 e. The molecule has 1 aromatic rings. The monoisotopic (exact) mass is 378 g/mol. The smallest absolute Gasteiger partial charge is 0.338 e. The number of hydrogen-bond donors (Lipinski definition) is 2. The van der Waals surface area contributed by atoms with Crippen LogP contribution in [-0.4, -0.2) is 68.7 Å². The Morgan fingerprint density at radius 2 is 1.88 bits per heavy atom. The van der Waals surface area contributed by atoms with Gasteiger partial charge in [0, 0.05) is 43.4 Å². The van der Waals surface area contributed by atoms with Gasteiger partial charge in [0.15, 0.2) is 0 Å². The Morgan fingerprint density at radius 1 is 1.23 bits per heavy atom. The lowest BCUT2D eigenvalue weighted by Crippen LogP contribution is -2.51. The number of carbonyl (C=O) groups excluding carboxylic acids is 2. The summed E-state index contributed by atoms with van der Waals surface area (Å²) in [5.41, 5.74) is 1.79. The molecule has 0 saturated carbocycles. The van der Waals surface area contributed by atoms with Crippen molar-refractivity contribution < 1.29 is 14.3 Å². The topological polar surface area (TPSA) is 73.9 Å². The fourth-order valence-corrected chi connectivity index (χ4v) is 3.35. The molecule has 2 heterocycles. The molecule has 0 radical (unpaired) electrons. The van der Waals surface area contributed by atoms with Gasteiger partial charge in [0.1, 0.15) is 0 Å². The lowest BCUT2D eigenvalue weighted by molar-refractivity contribution is -0.136. The second-order valence-corrected chi connectivity index (χ2v) is 6.98. The van der Waals surface area contributed by atoms with Crippen molar-refractivity contribution in [1.29, 1.82) is 0 Å². The highest BCUT2D eigenvalue weighted by Crippen LogP contribution is 2.29. The molecule has 0 aromatic heterocycles. The molecule has 26 heavy (non-hydrogen) atoms. The van der Waals surface area contributed by atoms with Gasteiger partial charge in [0.2, 0.25) is 0 Å². The third-order valence-corrected chi connectivity index (χ3v) is 4.99. The third kappa shape index (κ3) is 4.17. The average Bonchev–Trinajstić information content (AvgIpc) is 2.63. The molecule has 0 aliphatic carbocycles. The molecule has 2 aliphatic heterocycles. The van der Waals surface area contributed by atoms with Crippen LogP contribution in [0.4, 0.5) is 4.79 Å². The van der Waals surface area contributed by atoms with Gasteiger partial charge in [-0.15, -0.1) is 0 Å². The predicted molar refractivity (Wildman–Crippen MR) is 98.8 cm³/mol. The van der Waals surface area contributed by atoms with Crippen LogP contribution >= 0.6 is 11.6 Å². The predicted octanol–water partition coefficient (Wildman–Crippen LogP) is 1.37. The van der Waals surface area contributed by atoms with Crippen LogP contribution in [0.3, 0.4) is 0 Å². The van der Waals surface area contributed by atoms with E-state index in [1.807, 2.05) is 0 Å². The van der Waals surface area contributed by atoms with E-state index in [2.05, 4.69) is 27.5 Å². The molecule has 0 bridgehead atoms. The number of carbonyl (C=O) groups is 2. The number of rotatable bonds is 4. The van der Waals surface area contributed by atoms with E-state index in [4.69, 9.17) is 16.3 Å². The van der Waals surface area contributed by atoms with E-state index in [1.54, 1.807) is 24.3 Å². The van der Waals surface area contributed by atoms with Crippen molar-refractivity contribution >= 4 is 23.6 Å². The molecule has 1 fully saturated rings. The first-order chi connectivity index (χ1) is 12.5. The number of piperazine rings is 1. The van der Waals surface area contributed by atoms with E-state index in [0.717, 1.165) is 31.7 Å². The molecular formula is C18H23ClN4O3. The summed E-state index contributed by atoms with van der Waals surface area (Å²) in [5.74, 6) is -0.457. The first-order valence-electron chi connectivity index (χ1n) is 8.53. The highest BCUT2D eigenvalue weighted by Gasteiger charge is 2.34. The first kappa shape index (κ1) is 18.7. The fraction of sp³-hybridized carbons (Fsp3) is 0.444. The standard InChI is InChI=1S/C18H23ClN4O3/c1-22-7-9-23(10-8-22)11-14-15(17(24)26-2)16(21-18(25)20-14)12-3-5-13(19)6-4-12/h3-6,16H,7-11H2,1-2H3,(H2,20,21,25)/t16-/m0/s1. The van der Waals surface area contributed by atoms with Gasteiger partial charge in [-0.1, -0.05) is 23.7 Å². The van der Waals surface area contributed by atoms with Crippen LogP contribution < -0.4 is 10.6 Å². The van der Waals surface area contributed by atoms with Crippen LogP contribution in [0.2, 0.25) is 5.02 Å². The summed E-state index contributed by atoms with van der Waals surface area (Å²) in [6, 6.07) is 6.17. The Labute approximate surface area is 157 Å². The second-order valence-electron chi connectivity index (χ2n) is 6.55. The molecule has 1 saturated heterocycles. The van der Waals surface area contributed by atoms with E-state index < -0.39 is 12.0 Å². The van der Waals surface area contributed by atoms with E-state index in [9.17, 15) is 9.59 Å². The van der Waals surface area contributed by atoms with Gasteiger partial charge in [-0.2, -0.15) is 0 Å². The van der Waals surface area contributed by atoms with Gasteiger partial charge >= 0.3 is 12.0 Å². The minimum absolute atomic E-state index is 0.332. The van der Waals surface area contributed by atoms with Gasteiger partial charge in [0.25, 0.3) is 0 Å². The van der Waals surface area contributed by atoms with Crippen molar-refractivity contribution in [2.24, 2.45) is 0 Å². The number of amides is 2. The number of nitrogens with zero attached hydrogens (tertiary/aromatic N) is 2. The molecule has 2 aliphatic rings. The summed E-state index contributed by atoms with van der Waals surface area (Å²) in [4.78, 5) is 29.2. The maximum absolute atomic E-state index is 12.5. The van der Waals surface area contributed by atoms with E-state index in [-0.39, 0.29) is 6.03 Å². The lowest BCUT2D eigenvalue weighted by Gasteiger charge is -2.35. The number of esters is 1. The zero-order chi connectivity index (χ0) is 18.7. The maximum Gasteiger partial charge on any atom is 0.338 e. The molecule has 2 amide bonds. The van der Waals surface area contributed by atoms with Crippen molar-refractivity contribution in [1.82, 2.24) is 20.4 Å². The van der Waals surface area contributed by atoms with Crippen LogP contribution in [0.15, 0.2) is 35.5 Å². The Bertz CT molecular complexity index is 712. The average molecular weight is 379 g/mol. The fourth-order valence-electron chi connectivity index (χ4n) is 3.23. The Kier molecular flexibility index (Phi) is 5.80. The molecule has 7 nitrogen and oxygen atoms in total. The van der Waals surface area contributed by atoms with Crippen LogP contribution in [-0.2, 0) is 9.53 Å². The maximum atomic E-state index is 12.5. The molecule has 1 atom stereocenters. The van der Waals surface area contributed by atoms with Crippen LogP contribution in [0.5, 0.6) is 0 Å². The molecule has 140 valence electrons. The van der Waals surface area contributed by atoms with Crippen LogP contribution in [0.25, 0.3) is 0 Å². The molecule has 2 N–H and O–H groups in total. The molecule has 0 unspecified atom stereocenters. The van der Waals surface area contributed by atoms with Gasteiger partial charge in [0.05, 0.1) is 18.7 Å². The number of hydrogen-bond acceptors (Lipinski definition) is 5. The van der Waals surface area contributed by atoms with Gasteiger partial charge in [-0.25, -0.2) is 9.59 Å². The van der Waals surface area contributed by atoms with Crippen LogP contribution in [0, 0.1) is 0 Å². The van der Waals surface area contributed by atoms with Gasteiger partial charge < -0.3 is 20.3 Å². The van der Waals surface area contributed by atoms with Crippen molar-refractivity contribution in [3.05, 3.63) is 46.1 Å². The van der Waals surface area contributed by atoms with Crippen molar-refractivity contribution in [3.63, 3.8) is 0 Å². The molecule has 1 aromatic carbocycles. The second kappa shape index (κ2) is 8.07. The quantitative estimate of drug-likeness (QED) is 0.774. The summed E-state index contributed by atoms with van der Waals surface area (Å²) in [5, 5.41) is 6.20. The third-order valence-electron chi connectivity index (χ3n) is 4.74. The van der Waals surface area contributed by atoms with Crippen molar-refractivity contribution in [2.75, 3.05) is 46.9 Å². The van der Waals surface area contributed by atoms with Crippen molar-refractivity contribution in [2.45, 2.75) is 6.04 Å². The number of urea groups is 1. The molecule has 8 heteroatoms. The Balaban J connectivity index is 1.93. The molecule has 0 spiro atoms. The minimum atomic E-state index is -0.573. The molecular weight excluding hydrogens is 356 g/mol. The number of benzene rings is 1. The van der Waals surface area contributed by atoms with E-state index in [0.29, 0.717) is 22.8 Å². The van der Waals surface area contributed by atoms with E-state index >= 15 is 0 Å². The number of nitrogens with one attached hydrogen (secondary N) is 2. The summed E-state index contributed by atoms with van der Waals surface area (Å²) in [6.07, 6.45) is 0. The Morgan fingerprint density at radius 3 is 2.50 bits per heavy atom. The SMILES string of the molecule is COC(=O)C1=C(CN2CCN(C)CC2)NC(=O)N[C@H]1c1ccc(Cl)cc1. The largest absolute Gasteiger partial charge is 0.466 e. The highest BCUT2D eigenvalue weighted by molar-refractivity contribution is 6.30. The lowest BCUT2D eigenvalue weighted by atomic mass is 9.95. The summed E-state index contributed by atoms with van der Waals surface area (Å²) in [6.45, 7) is 4.16. The zero-order valence-corrected chi connectivity index (χ0v) is 15.7.